The predicted octanol–water partition coefficient (Wildman–Crippen LogP) is 1.27. The van der Waals surface area contributed by atoms with Crippen LogP contribution in [0, 0.1) is 5.92 Å². The zero-order valence-corrected chi connectivity index (χ0v) is 14.5. The van der Waals surface area contributed by atoms with Crippen LogP contribution in [-0.4, -0.2) is 47.1 Å². The van der Waals surface area contributed by atoms with E-state index in [0.717, 1.165) is 19.5 Å². The Labute approximate surface area is 133 Å². The van der Waals surface area contributed by atoms with E-state index < -0.39 is 10.0 Å². The molecule has 21 heavy (non-hydrogen) atoms. The number of rotatable bonds is 5. The Balaban J connectivity index is 2.17. The van der Waals surface area contributed by atoms with Gasteiger partial charge in [-0.25, -0.2) is 13.1 Å². The summed E-state index contributed by atoms with van der Waals surface area (Å²) < 4.78 is 33.3. The van der Waals surface area contributed by atoms with Crippen molar-refractivity contribution in [3.05, 3.63) is 16.6 Å². The molecule has 6 nitrogen and oxygen atoms in total. The van der Waals surface area contributed by atoms with Crippen LogP contribution >= 0.6 is 15.9 Å². The smallest absolute Gasteiger partial charge is 0.244 e. The first-order valence-corrected chi connectivity index (χ1v) is 8.92. The molecule has 0 amide bonds. The molecule has 0 saturated carbocycles. The van der Waals surface area contributed by atoms with Gasteiger partial charge in [-0.3, -0.25) is 0 Å². The van der Waals surface area contributed by atoms with Gasteiger partial charge in [0.25, 0.3) is 0 Å². The van der Waals surface area contributed by atoms with E-state index in [1.807, 2.05) is 7.05 Å². The molecule has 1 atom stereocenters. The Morgan fingerprint density at radius 1 is 1.52 bits per heavy atom. The van der Waals surface area contributed by atoms with Crippen LogP contribution in [0.4, 0.5) is 5.69 Å². The van der Waals surface area contributed by atoms with Gasteiger partial charge < -0.3 is 15.4 Å². The summed E-state index contributed by atoms with van der Waals surface area (Å²) in [5, 5.41) is 0. The van der Waals surface area contributed by atoms with Crippen molar-refractivity contribution in [1.29, 1.82) is 0 Å². The lowest BCUT2D eigenvalue weighted by Gasteiger charge is -2.15. The summed E-state index contributed by atoms with van der Waals surface area (Å²) in [6, 6.07) is 2.97. The van der Waals surface area contributed by atoms with E-state index in [4.69, 9.17) is 10.5 Å². The number of hydrogen-bond donors (Lipinski definition) is 2. The van der Waals surface area contributed by atoms with Gasteiger partial charge in [0.1, 0.15) is 10.6 Å². The van der Waals surface area contributed by atoms with E-state index in [2.05, 4.69) is 25.6 Å². The molecule has 8 heteroatoms. The second-order valence-electron chi connectivity index (χ2n) is 5.29. The van der Waals surface area contributed by atoms with Crippen LogP contribution in [0.3, 0.4) is 0 Å². The van der Waals surface area contributed by atoms with Gasteiger partial charge in [-0.05, 0) is 54.0 Å². The van der Waals surface area contributed by atoms with Crippen molar-refractivity contribution in [2.45, 2.75) is 11.3 Å². The molecule has 1 aliphatic heterocycles. The third-order valence-electron chi connectivity index (χ3n) is 3.62. The molecule has 1 unspecified atom stereocenters. The molecule has 1 aromatic carbocycles. The molecule has 1 fully saturated rings. The maximum atomic E-state index is 12.4. The lowest BCUT2D eigenvalue weighted by molar-refractivity contribution is 0.393. The van der Waals surface area contributed by atoms with Crippen LogP contribution in [0.1, 0.15) is 6.42 Å². The molecule has 0 aromatic heterocycles. The van der Waals surface area contributed by atoms with Crippen molar-refractivity contribution >= 4 is 31.6 Å². The molecule has 0 radical (unpaired) electrons. The maximum absolute atomic E-state index is 12.4. The van der Waals surface area contributed by atoms with Gasteiger partial charge in [-0.15, -0.1) is 0 Å². The monoisotopic (exact) mass is 377 g/mol. The van der Waals surface area contributed by atoms with Gasteiger partial charge in [-0.1, -0.05) is 0 Å². The Hall–Kier alpha value is -0.830. The number of benzene rings is 1. The van der Waals surface area contributed by atoms with Gasteiger partial charge in [0.2, 0.25) is 10.0 Å². The molecule has 0 aliphatic carbocycles. The first-order chi connectivity index (χ1) is 9.83. The normalized spacial score (nSPS) is 19.9. The van der Waals surface area contributed by atoms with E-state index in [9.17, 15) is 8.42 Å². The minimum Gasteiger partial charge on any atom is -0.495 e. The second-order valence-corrected chi connectivity index (χ2v) is 7.88. The average molecular weight is 378 g/mol. The van der Waals surface area contributed by atoms with Crippen molar-refractivity contribution in [3.63, 3.8) is 0 Å². The number of anilines is 1. The predicted molar refractivity (Wildman–Crippen MR) is 85.9 cm³/mol. The van der Waals surface area contributed by atoms with E-state index in [0.29, 0.717) is 22.6 Å². The summed E-state index contributed by atoms with van der Waals surface area (Å²) in [5.74, 6) is 0.607. The maximum Gasteiger partial charge on any atom is 0.244 e. The van der Waals surface area contributed by atoms with Crippen LogP contribution in [0.2, 0.25) is 0 Å². The Kier molecular flexibility index (Phi) is 5.13. The van der Waals surface area contributed by atoms with Gasteiger partial charge in [0.05, 0.1) is 7.11 Å². The van der Waals surface area contributed by atoms with E-state index in [1.165, 1.54) is 13.2 Å². The third-order valence-corrected chi connectivity index (χ3v) is 5.75. The highest BCUT2D eigenvalue weighted by atomic mass is 79.9. The highest BCUT2D eigenvalue weighted by Gasteiger charge is 2.25. The van der Waals surface area contributed by atoms with Crippen molar-refractivity contribution < 1.29 is 13.2 Å². The summed E-state index contributed by atoms with van der Waals surface area (Å²) >= 11 is 3.26. The number of likely N-dealkylation sites (tertiary alicyclic amines) is 1. The fraction of sp³-hybridized carbons (Fsp3) is 0.538. The summed E-state index contributed by atoms with van der Waals surface area (Å²) in [6.45, 7) is 2.33. The van der Waals surface area contributed by atoms with Gasteiger partial charge >= 0.3 is 0 Å². The third kappa shape index (κ3) is 3.88. The molecular weight excluding hydrogens is 358 g/mol. The summed E-state index contributed by atoms with van der Waals surface area (Å²) in [5.41, 5.74) is 6.13. The molecule has 3 N–H and O–H groups in total. The SMILES string of the molecule is COc1cc(Br)c(N)cc1S(=O)(=O)NCC1CCN(C)C1. The first kappa shape index (κ1) is 16.5. The zero-order valence-electron chi connectivity index (χ0n) is 12.1. The lowest BCUT2D eigenvalue weighted by Crippen LogP contribution is -2.30. The Bertz CT molecular complexity index is 621. The van der Waals surface area contributed by atoms with Crippen LogP contribution in [0.15, 0.2) is 21.5 Å². The van der Waals surface area contributed by atoms with Gasteiger partial charge in [0.15, 0.2) is 0 Å². The molecule has 1 aliphatic rings. The number of methoxy groups -OCH3 is 1. The van der Waals surface area contributed by atoms with Crippen molar-refractivity contribution in [2.75, 3.05) is 39.5 Å². The quantitative estimate of drug-likeness (QED) is 0.754. The molecule has 1 saturated heterocycles. The minimum absolute atomic E-state index is 0.0667. The highest BCUT2D eigenvalue weighted by molar-refractivity contribution is 9.10. The van der Waals surface area contributed by atoms with Crippen molar-refractivity contribution in [3.8, 4) is 5.75 Å². The van der Waals surface area contributed by atoms with Gasteiger partial charge in [-0.2, -0.15) is 0 Å². The number of nitrogens with one attached hydrogen (secondary N) is 1. The van der Waals surface area contributed by atoms with E-state index >= 15 is 0 Å². The minimum atomic E-state index is -3.64. The Morgan fingerprint density at radius 2 is 2.24 bits per heavy atom. The van der Waals surface area contributed by atoms with Crippen molar-refractivity contribution in [1.82, 2.24) is 9.62 Å². The summed E-state index contributed by atoms with van der Waals surface area (Å²) in [6.07, 6.45) is 0.999. The van der Waals surface area contributed by atoms with E-state index in [-0.39, 0.29) is 10.6 Å². The number of nitrogens with two attached hydrogens (primary N) is 1. The fourth-order valence-electron chi connectivity index (χ4n) is 2.42. The standard InChI is InChI=1S/C13H20BrN3O3S/c1-17-4-3-9(8-17)7-16-21(18,19)13-6-11(15)10(14)5-12(13)20-2/h5-6,9,16H,3-4,7-8,15H2,1-2H3. The largest absolute Gasteiger partial charge is 0.495 e. The lowest BCUT2D eigenvalue weighted by atomic mass is 10.1. The van der Waals surface area contributed by atoms with Crippen LogP contribution < -0.4 is 15.2 Å². The summed E-state index contributed by atoms with van der Waals surface area (Å²) in [7, 11) is -0.173. The number of hydrogen-bond acceptors (Lipinski definition) is 5. The summed E-state index contributed by atoms with van der Waals surface area (Å²) in [4.78, 5) is 2.26. The van der Waals surface area contributed by atoms with Crippen LogP contribution in [0.5, 0.6) is 5.75 Å². The van der Waals surface area contributed by atoms with E-state index in [1.54, 1.807) is 6.07 Å². The number of halogens is 1. The average Bonchev–Trinajstić information content (AvgIpc) is 2.85. The Morgan fingerprint density at radius 3 is 2.81 bits per heavy atom. The molecule has 0 bridgehead atoms. The van der Waals surface area contributed by atoms with Crippen LogP contribution in [-0.2, 0) is 10.0 Å². The molecule has 1 aromatic rings. The topological polar surface area (TPSA) is 84.7 Å². The first-order valence-electron chi connectivity index (χ1n) is 6.64. The molecule has 118 valence electrons. The molecule has 1 heterocycles. The highest BCUT2D eigenvalue weighted by Crippen LogP contribution is 2.32. The molecule has 0 spiro atoms. The zero-order chi connectivity index (χ0) is 15.6. The number of nitrogen functional groups attached to an aromatic ring is 1. The fourth-order valence-corrected chi connectivity index (χ4v) is 4.04. The molecular formula is C13H20BrN3O3S. The number of nitrogens with zero attached hydrogens (tertiary/aromatic N) is 1. The second kappa shape index (κ2) is 6.51. The number of sulfonamides is 1. The van der Waals surface area contributed by atoms with Crippen molar-refractivity contribution in [2.24, 2.45) is 5.92 Å². The number of ether oxygens (including phenoxy) is 1. The van der Waals surface area contributed by atoms with Crippen LogP contribution in [0.25, 0.3) is 0 Å². The van der Waals surface area contributed by atoms with Gasteiger partial charge in [0, 0.05) is 23.2 Å². The molecule has 2 rings (SSSR count).